The SMILES string of the molecule is COc1ccc2c(=O)n(NCc3ccc(Cl)cc3)c(-c3ccc(F)cc3)nc2c1. The lowest BCUT2D eigenvalue weighted by Crippen LogP contribution is -2.31. The molecular weight excluding hydrogens is 393 g/mol. The molecule has 0 saturated heterocycles. The van der Waals surface area contributed by atoms with E-state index in [1.54, 1.807) is 49.6 Å². The van der Waals surface area contributed by atoms with Crippen molar-refractivity contribution in [1.82, 2.24) is 9.66 Å². The van der Waals surface area contributed by atoms with Gasteiger partial charge in [0.05, 0.1) is 24.6 Å². The molecule has 0 atom stereocenters. The van der Waals surface area contributed by atoms with Crippen LogP contribution in [-0.2, 0) is 6.54 Å². The Hall–Kier alpha value is -3.38. The van der Waals surface area contributed by atoms with E-state index in [9.17, 15) is 9.18 Å². The van der Waals surface area contributed by atoms with Crippen molar-refractivity contribution in [3.05, 3.63) is 93.5 Å². The first-order valence-electron chi connectivity index (χ1n) is 8.90. The molecule has 0 spiro atoms. The number of hydrogen-bond donors (Lipinski definition) is 1. The zero-order valence-corrected chi connectivity index (χ0v) is 16.3. The number of benzene rings is 3. The van der Waals surface area contributed by atoms with Crippen LogP contribution < -0.4 is 15.7 Å². The van der Waals surface area contributed by atoms with Gasteiger partial charge in [0.1, 0.15) is 11.6 Å². The molecule has 0 saturated carbocycles. The van der Waals surface area contributed by atoms with E-state index in [4.69, 9.17) is 16.3 Å². The highest BCUT2D eigenvalue weighted by Gasteiger charge is 2.14. The van der Waals surface area contributed by atoms with Crippen molar-refractivity contribution in [3.8, 4) is 17.1 Å². The average Bonchev–Trinajstić information content (AvgIpc) is 2.74. The highest BCUT2D eigenvalue weighted by molar-refractivity contribution is 6.30. The second kappa shape index (κ2) is 7.93. The van der Waals surface area contributed by atoms with E-state index in [1.807, 2.05) is 12.1 Å². The van der Waals surface area contributed by atoms with Crippen LogP contribution in [0, 0.1) is 5.82 Å². The fourth-order valence-corrected chi connectivity index (χ4v) is 3.13. The highest BCUT2D eigenvalue weighted by Crippen LogP contribution is 2.22. The van der Waals surface area contributed by atoms with Gasteiger partial charge >= 0.3 is 0 Å². The molecule has 3 aromatic carbocycles. The van der Waals surface area contributed by atoms with E-state index in [1.165, 1.54) is 16.8 Å². The third kappa shape index (κ3) is 3.93. The normalized spacial score (nSPS) is 10.9. The summed E-state index contributed by atoms with van der Waals surface area (Å²) in [5, 5.41) is 1.08. The molecule has 29 heavy (non-hydrogen) atoms. The number of ether oxygens (including phenoxy) is 1. The summed E-state index contributed by atoms with van der Waals surface area (Å²) in [6, 6.07) is 18.3. The maximum Gasteiger partial charge on any atom is 0.280 e. The van der Waals surface area contributed by atoms with Gasteiger partial charge in [-0.05, 0) is 54.1 Å². The minimum atomic E-state index is -0.362. The predicted octanol–water partition coefficient (Wildman–Crippen LogP) is 4.61. The molecule has 0 radical (unpaired) electrons. The van der Waals surface area contributed by atoms with Crippen LogP contribution in [0.3, 0.4) is 0 Å². The van der Waals surface area contributed by atoms with E-state index >= 15 is 0 Å². The van der Waals surface area contributed by atoms with Crippen molar-refractivity contribution in [2.75, 3.05) is 12.5 Å². The number of hydrogen-bond acceptors (Lipinski definition) is 4. The first-order valence-corrected chi connectivity index (χ1v) is 9.28. The van der Waals surface area contributed by atoms with Gasteiger partial charge in [0.25, 0.3) is 5.56 Å². The number of methoxy groups -OCH3 is 1. The molecule has 1 heterocycles. The summed E-state index contributed by atoms with van der Waals surface area (Å²) in [5.41, 5.74) is 4.92. The standard InChI is InChI=1S/C22H17ClFN3O2/c1-29-18-10-11-19-20(12-18)26-21(15-4-8-17(24)9-5-15)27(22(19)28)25-13-14-2-6-16(23)7-3-14/h2-12,25H,13H2,1H3. The Balaban J connectivity index is 1.84. The summed E-state index contributed by atoms with van der Waals surface area (Å²) in [6.45, 7) is 0.384. The summed E-state index contributed by atoms with van der Waals surface area (Å²) in [4.78, 5) is 17.8. The number of rotatable bonds is 5. The lowest BCUT2D eigenvalue weighted by atomic mass is 10.2. The molecular formula is C22H17ClFN3O2. The van der Waals surface area contributed by atoms with Gasteiger partial charge in [0.2, 0.25) is 0 Å². The van der Waals surface area contributed by atoms with Gasteiger partial charge < -0.3 is 10.2 Å². The van der Waals surface area contributed by atoms with Gasteiger partial charge in [0.15, 0.2) is 5.82 Å². The van der Waals surface area contributed by atoms with Crippen molar-refractivity contribution >= 4 is 22.5 Å². The summed E-state index contributed by atoms with van der Waals surface area (Å²) in [5.74, 6) is 0.616. The second-order valence-corrected chi connectivity index (χ2v) is 6.86. The third-order valence-electron chi connectivity index (χ3n) is 4.53. The molecule has 146 valence electrons. The Morgan fingerprint density at radius 3 is 2.48 bits per heavy atom. The Kier molecular flexibility index (Phi) is 5.18. The predicted molar refractivity (Wildman–Crippen MR) is 112 cm³/mol. The first kappa shape index (κ1) is 19.0. The van der Waals surface area contributed by atoms with Crippen LogP contribution in [0.2, 0.25) is 5.02 Å². The second-order valence-electron chi connectivity index (χ2n) is 6.43. The highest BCUT2D eigenvalue weighted by atomic mass is 35.5. The van der Waals surface area contributed by atoms with E-state index in [0.717, 1.165) is 5.56 Å². The van der Waals surface area contributed by atoms with Crippen LogP contribution in [0.15, 0.2) is 71.5 Å². The molecule has 0 fully saturated rings. The van der Waals surface area contributed by atoms with Crippen LogP contribution in [0.5, 0.6) is 5.75 Å². The monoisotopic (exact) mass is 409 g/mol. The molecule has 1 aromatic heterocycles. The van der Waals surface area contributed by atoms with Gasteiger partial charge in [-0.25, -0.2) is 14.1 Å². The lowest BCUT2D eigenvalue weighted by Gasteiger charge is -2.16. The molecule has 4 rings (SSSR count). The van der Waals surface area contributed by atoms with Crippen LogP contribution in [0.4, 0.5) is 4.39 Å². The van der Waals surface area contributed by atoms with E-state index < -0.39 is 0 Å². The summed E-state index contributed by atoms with van der Waals surface area (Å²) in [6.07, 6.45) is 0. The van der Waals surface area contributed by atoms with Crippen molar-refractivity contribution in [2.24, 2.45) is 0 Å². The molecule has 0 aliphatic carbocycles. The quantitative estimate of drug-likeness (QED) is 0.523. The van der Waals surface area contributed by atoms with Gasteiger partial charge in [-0.15, -0.1) is 0 Å². The van der Waals surface area contributed by atoms with Gasteiger partial charge in [-0.1, -0.05) is 23.7 Å². The Morgan fingerprint density at radius 1 is 1.07 bits per heavy atom. The zero-order valence-electron chi connectivity index (χ0n) is 15.5. The van der Waals surface area contributed by atoms with E-state index in [-0.39, 0.29) is 11.4 Å². The molecule has 4 aromatic rings. The van der Waals surface area contributed by atoms with Gasteiger partial charge in [-0.3, -0.25) is 4.79 Å². The van der Waals surface area contributed by atoms with Crippen LogP contribution in [-0.4, -0.2) is 16.8 Å². The Bertz CT molecular complexity index is 1220. The number of nitrogens with zero attached hydrogens (tertiary/aromatic N) is 2. The molecule has 0 bridgehead atoms. The molecule has 0 unspecified atom stereocenters. The molecule has 1 N–H and O–H groups in total. The molecule has 0 aliphatic heterocycles. The first-order chi connectivity index (χ1) is 14.0. The van der Waals surface area contributed by atoms with Crippen molar-refractivity contribution in [2.45, 2.75) is 6.54 Å². The minimum absolute atomic E-state index is 0.258. The number of halogens is 2. The van der Waals surface area contributed by atoms with Gasteiger partial charge in [0, 0.05) is 16.7 Å². The van der Waals surface area contributed by atoms with E-state index in [0.29, 0.717) is 39.6 Å². The van der Waals surface area contributed by atoms with Gasteiger partial charge in [-0.2, -0.15) is 0 Å². The fraction of sp³-hybridized carbons (Fsp3) is 0.0909. The molecule has 7 heteroatoms. The maximum absolute atomic E-state index is 13.4. The summed E-state index contributed by atoms with van der Waals surface area (Å²) in [7, 11) is 1.55. The van der Waals surface area contributed by atoms with Crippen molar-refractivity contribution in [3.63, 3.8) is 0 Å². The number of fused-ring (bicyclic) bond motifs is 1. The topological polar surface area (TPSA) is 56.1 Å². The molecule has 0 aliphatic rings. The summed E-state index contributed by atoms with van der Waals surface area (Å²) >= 11 is 5.94. The lowest BCUT2D eigenvalue weighted by molar-refractivity contribution is 0.415. The Morgan fingerprint density at radius 2 is 1.79 bits per heavy atom. The van der Waals surface area contributed by atoms with Crippen LogP contribution in [0.1, 0.15) is 5.56 Å². The smallest absolute Gasteiger partial charge is 0.280 e. The summed E-state index contributed by atoms with van der Waals surface area (Å²) < 4.78 is 20.0. The van der Waals surface area contributed by atoms with Crippen molar-refractivity contribution < 1.29 is 9.13 Å². The Labute approximate surface area is 171 Å². The van der Waals surface area contributed by atoms with Crippen molar-refractivity contribution in [1.29, 1.82) is 0 Å². The molecule has 5 nitrogen and oxygen atoms in total. The van der Waals surface area contributed by atoms with Crippen LogP contribution >= 0.6 is 11.6 Å². The minimum Gasteiger partial charge on any atom is -0.497 e. The van der Waals surface area contributed by atoms with Crippen LogP contribution in [0.25, 0.3) is 22.3 Å². The third-order valence-corrected chi connectivity index (χ3v) is 4.79. The fourth-order valence-electron chi connectivity index (χ4n) is 3.00. The largest absolute Gasteiger partial charge is 0.497 e. The zero-order chi connectivity index (χ0) is 20.4. The average molecular weight is 410 g/mol. The molecule has 0 amide bonds. The number of aromatic nitrogens is 2. The number of nitrogens with one attached hydrogen (secondary N) is 1. The van der Waals surface area contributed by atoms with E-state index in [2.05, 4.69) is 10.4 Å². The maximum atomic E-state index is 13.4.